The zero-order valence-corrected chi connectivity index (χ0v) is 22.4. The number of benzene rings is 2. The number of amidine groups is 1. The number of aryl methyl sites for hydroxylation is 1. The molecule has 1 aliphatic rings. The maximum atomic E-state index is 13.5. The van der Waals surface area contributed by atoms with Gasteiger partial charge < -0.3 is 15.3 Å². The number of carbonyl (C=O) groups excluding carboxylic acids is 1. The SMILES string of the molecule is Cc1ccc(F)cc1S(=O)(=O)N(C)CCC(=O)N(C)CCc1ccc(C2=NCCN2)cc1.O=C(O)C(F)(F)F. The summed E-state index contributed by atoms with van der Waals surface area (Å²) in [5.74, 6) is -2.60. The van der Waals surface area contributed by atoms with Crippen LogP contribution < -0.4 is 5.32 Å². The number of rotatable bonds is 9. The minimum absolute atomic E-state index is 0.0191. The molecule has 214 valence electrons. The normalized spacial score (nSPS) is 13.3. The fourth-order valence-corrected chi connectivity index (χ4v) is 4.83. The van der Waals surface area contributed by atoms with Gasteiger partial charge in [0.05, 0.1) is 11.4 Å². The van der Waals surface area contributed by atoms with Crippen molar-refractivity contribution < 1.29 is 40.7 Å². The lowest BCUT2D eigenvalue weighted by molar-refractivity contribution is -0.192. The number of aliphatic imine (C=N–C) groups is 1. The molecule has 0 saturated carbocycles. The van der Waals surface area contributed by atoms with Crippen molar-refractivity contribution in [2.75, 3.05) is 40.3 Å². The van der Waals surface area contributed by atoms with Crippen LogP contribution in [0.4, 0.5) is 17.6 Å². The average Bonchev–Trinajstić information content (AvgIpc) is 3.42. The summed E-state index contributed by atoms with van der Waals surface area (Å²) in [4.78, 5) is 27.3. The zero-order chi connectivity index (χ0) is 29.4. The van der Waals surface area contributed by atoms with Crippen LogP contribution in [-0.4, -0.2) is 86.9 Å². The first-order valence-electron chi connectivity index (χ1n) is 11.8. The first-order valence-corrected chi connectivity index (χ1v) is 13.2. The Morgan fingerprint density at radius 2 is 1.69 bits per heavy atom. The van der Waals surface area contributed by atoms with Crippen molar-refractivity contribution >= 4 is 27.7 Å². The van der Waals surface area contributed by atoms with E-state index in [9.17, 15) is 30.8 Å². The summed E-state index contributed by atoms with van der Waals surface area (Å²) in [6.45, 7) is 3.82. The Hall–Kier alpha value is -3.52. The molecule has 14 heteroatoms. The average molecular weight is 575 g/mol. The van der Waals surface area contributed by atoms with Gasteiger partial charge in [0.2, 0.25) is 15.9 Å². The lowest BCUT2D eigenvalue weighted by atomic mass is 10.1. The van der Waals surface area contributed by atoms with Crippen LogP contribution in [0.5, 0.6) is 0 Å². The molecule has 0 unspecified atom stereocenters. The van der Waals surface area contributed by atoms with Crippen LogP contribution in [0.1, 0.15) is 23.1 Å². The highest BCUT2D eigenvalue weighted by atomic mass is 32.2. The number of hydrogen-bond donors (Lipinski definition) is 2. The molecule has 0 spiro atoms. The predicted octanol–water partition coefficient (Wildman–Crippen LogP) is 2.83. The van der Waals surface area contributed by atoms with E-state index in [0.717, 1.165) is 40.4 Å². The van der Waals surface area contributed by atoms with Crippen molar-refractivity contribution in [1.29, 1.82) is 0 Å². The number of amides is 1. The Labute approximate surface area is 224 Å². The molecule has 1 amide bonds. The Kier molecular flexibility index (Phi) is 11.0. The topological polar surface area (TPSA) is 119 Å². The van der Waals surface area contributed by atoms with Gasteiger partial charge in [-0.15, -0.1) is 0 Å². The second-order valence-electron chi connectivity index (χ2n) is 8.71. The number of nitrogens with one attached hydrogen (secondary N) is 1. The molecule has 2 aromatic rings. The standard InChI is InChI=1S/C23H29FN4O3S.C2HF3O2/c1-17-4-9-20(24)16-21(17)32(30,31)28(3)15-11-22(29)27(2)14-10-18-5-7-19(8-6-18)23-25-12-13-26-23;3-2(4,5)1(6)7/h4-9,16H,10-15H2,1-3H3,(H,25,26);(H,6,7). The number of halogens is 4. The van der Waals surface area contributed by atoms with Crippen LogP contribution in [0.2, 0.25) is 0 Å². The van der Waals surface area contributed by atoms with Gasteiger partial charge >= 0.3 is 12.1 Å². The molecule has 2 N–H and O–H groups in total. The fraction of sp³-hybridized carbons (Fsp3) is 0.400. The number of alkyl halides is 3. The van der Waals surface area contributed by atoms with Crippen LogP contribution in [0, 0.1) is 12.7 Å². The van der Waals surface area contributed by atoms with E-state index < -0.39 is 28.0 Å². The van der Waals surface area contributed by atoms with Crippen molar-refractivity contribution in [2.45, 2.75) is 30.8 Å². The summed E-state index contributed by atoms with van der Waals surface area (Å²) in [5.41, 5.74) is 2.62. The molecule has 1 aliphatic heterocycles. The van der Waals surface area contributed by atoms with Gasteiger partial charge in [-0.2, -0.15) is 13.2 Å². The van der Waals surface area contributed by atoms with Gasteiger partial charge in [0.25, 0.3) is 0 Å². The Morgan fingerprint density at radius 1 is 1.08 bits per heavy atom. The lowest BCUT2D eigenvalue weighted by Crippen LogP contribution is -2.34. The number of carboxylic acids is 1. The van der Waals surface area contributed by atoms with E-state index in [4.69, 9.17) is 9.90 Å². The number of carboxylic acid groups (broad SMARTS) is 1. The van der Waals surface area contributed by atoms with Crippen molar-refractivity contribution in [2.24, 2.45) is 4.99 Å². The van der Waals surface area contributed by atoms with Crippen molar-refractivity contribution in [3.05, 3.63) is 65.0 Å². The Balaban J connectivity index is 0.000000673. The number of hydrogen-bond acceptors (Lipinski definition) is 6. The van der Waals surface area contributed by atoms with E-state index in [2.05, 4.69) is 10.3 Å². The van der Waals surface area contributed by atoms with Gasteiger partial charge in [-0.25, -0.2) is 21.9 Å². The molecule has 0 radical (unpaired) electrons. The van der Waals surface area contributed by atoms with E-state index >= 15 is 0 Å². The number of aliphatic carboxylic acids is 1. The Bertz CT molecular complexity index is 1300. The first kappa shape index (κ1) is 31.7. The maximum absolute atomic E-state index is 13.5. The minimum Gasteiger partial charge on any atom is -0.475 e. The number of likely N-dealkylation sites (N-methyl/N-ethyl adjacent to an activating group) is 1. The molecule has 2 aromatic carbocycles. The summed E-state index contributed by atoms with van der Waals surface area (Å²) in [6, 6.07) is 11.7. The van der Waals surface area contributed by atoms with E-state index in [1.54, 1.807) is 18.9 Å². The molecule has 0 fully saturated rings. The van der Waals surface area contributed by atoms with Gasteiger partial charge in [-0.05, 0) is 36.6 Å². The third-order valence-corrected chi connectivity index (χ3v) is 7.78. The largest absolute Gasteiger partial charge is 0.490 e. The lowest BCUT2D eigenvalue weighted by Gasteiger charge is -2.21. The molecule has 3 rings (SSSR count). The second-order valence-corrected chi connectivity index (χ2v) is 10.7. The molecule has 39 heavy (non-hydrogen) atoms. The highest BCUT2D eigenvalue weighted by molar-refractivity contribution is 7.89. The summed E-state index contributed by atoms with van der Waals surface area (Å²) in [6.07, 6.45) is -4.34. The Morgan fingerprint density at radius 3 is 2.23 bits per heavy atom. The summed E-state index contributed by atoms with van der Waals surface area (Å²) >= 11 is 0. The van der Waals surface area contributed by atoms with E-state index in [1.807, 2.05) is 24.3 Å². The smallest absolute Gasteiger partial charge is 0.475 e. The fourth-order valence-electron chi connectivity index (χ4n) is 3.43. The van der Waals surface area contributed by atoms with E-state index in [0.29, 0.717) is 18.5 Å². The van der Waals surface area contributed by atoms with E-state index in [1.165, 1.54) is 19.2 Å². The maximum Gasteiger partial charge on any atom is 0.490 e. The molecule has 0 saturated heterocycles. The number of sulfonamides is 1. The third kappa shape index (κ3) is 9.32. The molecule has 0 bridgehead atoms. The molecule has 9 nitrogen and oxygen atoms in total. The van der Waals surface area contributed by atoms with Crippen LogP contribution in [0.3, 0.4) is 0 Å². The summed E-state index contributed by atoms with van der Waals surface area (Å²) in [5, 5.41) is 10.4. The predicted molar refractivity (Wildman–Crippen MR) is 136 cm³/mol. The molecule has 0 atom stereocenters. The first-order chi connectivity index (χ1) is 18.1. The molecule has 0 aromatic heterocycles. The van der Waals surface area contributed by atoms with Crippen LogP contribution >= 0.6 is 0 Å². The highest BCUT2D eigenvalue weighted by Crippen LogP contribution is 2.20. The number of nitrogens with zero attached hydrogens (tertiary/aromatic N) is 3. The van der Waals surface area contributed by atoms with Gasteiger partial charge in [-0.1, -0.05) is 30.3 Å². The van der Waals surface area contributed by atoms with Crippen LogP contribution in [-0.2, 0) is 26.0 Å². The molecule has 1 heterocycles. The summed E-state index contributed by atoms with van der Waals surface area (Å²) < 4.78 is 71.9. The van der Waals surface area contributed by atoms with Gasteiger partial charge in [0.1, 0.15) is 11.7 Å². The van der Waals surface area contributed by atoms with Crippen molar-refractivity contribution in [3.63, 3.8) is 0 Å². The van der Waals surface area contributed by atoms with E-state index in [-0.39, 0.29) is 23.8 Å². The van der Waals surface area contributed by atoms with Crippen molar-refractivity contribution in [3.8, 4) is 0 Å². The zero-order valence-electron chi connectivity index (χ0n) is 21.6. The van der Waals surface area contributed by atoms with Crippen LogP contribution in [0.15, 0.2) is 52.4 Å². The monoisotopic (exact) mass is 574 g/mol. The quantitative estimate of drug-likeness (QED) is 0.445. The van der Waals surface area contributed by atoms with Crippen molar-refractivity contribution in [1.82, 2.24) is 14.5 Å². The molecular formula is C25H30F4N4O5S. The van der Waals surface area contributed by atoms with Gasteiger partial charge in [0.15, 0.2) is 0 Å². The molecule has 0 aliphatic carbocycles. The van der Waals surface area contributed by atoms with Gasteiger partial charge in [-0.3, -0.25) is 9.79 Å². The van der Waals surface area contributed by atoms with Gasteiger partial charge in [0, 0.05) is 45.7 Å². The summed E-state index contributed by atoms with van der Waals surface area (Å²) in [7, 11) is -0.764. The minimum atomic E-state index is -5.08. The highest BCUT2D eigenvalue weighted by Gasteiger charge is 2.38. The molecular weight excluding hydrogens is 544 g/mol. The second kappa shape index (κ2) is 13.5. The van der Waals surface area contributed by atoms with Crippen LogP contribution in [0.25, 0.3) is 0 Å². The number of carbonyl (C=O) groups is 2. The third-order valence-electron chi connectivity index (χ3n) is 5.78.